The highest BCUT2D eigenvalue weighted by molar-refractivity contribution is 5.69. The molecule has 1 aliphatic rings. The molecule has 1 fully saturated rings. The minimum absolute atomic E-state index is 0.537. The Morgan fingerprint density at radius 1 is 1.25 bits per heavy atom. The van der Waals surface area contributed by atoms with E-state index < -0.39 is 0 Å². The third kappa shape index (κ3) is 3.66. The van der Waals surface area contributed by atoms with Gasteiger partial charge in [-0.2, -0.15) is 0 Å². The highest BCUT2D eigenvalue weighted by Gasteiger charge is 2.23. The van der Waals surface area contributed by atoms with Gasteiger partial charge in [0.05, 0.1) is 11.4 Å². The molecule has 1 saturated heterocycles. The van der Waals surface area contributed by atoms with Gasteiger partial charge in [0.25, 0.3) is 0 Å². The summed E-state index contributed by atoms with van der Waals surface area (Å²) < 4.78 is 0. The summed E-state index contributed by atoms with van der Waals surface area (Å²) in [6.45, 7) is 8.29. The molecule has 20 heavy (non-hydrogen) atoms. The van der Waals surface area contributed by atoms with Crippen molar-refractivity contribution in [3.8, 4) is 0 Å². The monoisotopic (exact) mass is 275 g/mol. The lowest BCUT2D eigenvalue weighted by Crippen LogP contribution is -2.39. The topological polar surface area (TPSA) is 18.5 Å². The third-order valence-electron chi connectivity index (χ3n) is 4.56. The van der Waals surface area contributed by atoms with Crippen LogP contribution < -0.4 is 10.2 Å². The largest absolute Gasteiger partial charge is 0.381 e. The maximum Gasteiger partial charge on any atom is 0.0596 e. The highest BCUT2D eigenvalue weighted by Crippen LogP contribution is 2.28. The Balaban J connectivity index is 1.96. The Hall–Kier alpha value is -1.22. The molecule has 1 heterocycles. The number of para-hydroxylation sites is 2. The minimum atomic E-state index is 0.537. The zero-order valence-corrected chi connectivity index (χ0v) is 13.4. The van der Waals surface area contributed by atoms with Crippen LogP contribution in [-0.4, -0.2) is 44.7 Å². The van der Waals surface area contributed by atoms with Crippen molar-refractivity contribution in [2.75, 3.05) is 43.9 Å². The fourth-order valence-electron chi connectivity index (χ4n) is 3.12. The molecule has 1 aromatic rings. The second kappa shape index (κ2) is 6.98. The standard InChI is InChI=1S/C17H29N3/c1-5-20-12-10-15(11-13-20)14(2)18-16-8-6-7-9-17(16)19(3)4/h6-9,14-15,18H,5,10-13H2,1-4H3. The Morgan fingerprint density at radius 3 is 2.50 bits per heavy atom. The van der Waals surface area contributed by atoms with E-state index in [-0.39, 0.29) is 0 Å². The number of rotatable bonds is 5. The lowest BCUT2D eigenvalue weighted by atomic mass is 9.90. The average molecular weight is 275 g/mol. The number of hydrogen-bond donors (Lipinski definition) is 1. The van der Waals surface area contributed by atoms with E-state index in [9.17, 15) is 0 Å². The van der Waals surface area contributed by atoms with Crippen LogP contribution in [0.2, 0.25) is 0 Å². The molecule has 0 spiro atoms. The molecule has 0 amide bonds. The van der Waals surface area contributed by atoms with Gasteiger partial charge in [-0.15, -0.1) is 0 Å². The molecule has 0 bridgehead atoms. The van der Waals surface area contributed by atoms with Gasteiger partial charge in [-0.3, -0.25) is 0 Å². The Morgan fingerprint density at radius 2 is 1.90 bits per heavy atom. The van der Waals surface area contributed by atoms with Crippen LogP contribution in [0, 0.1) is 5.92 Å². The normalized spacial score (nSPS) is 18.8. The van der Waals surface area contributed by atoms with Crippen LogP contribution in [0.4, 0.5) is 11.4 Å². The molecule has 1 aromatic carbocycles. The number of anilines is 2. The van der Waals surface area contributed by atoms with Crippen molar-refractivity contribution in [2.24, 2.45) is 5.92 Å². The smallest absolute Gasteiger partial charge is 0.0596 e. The molecule has 3 heteroatoms. The summed E-state index contributed by atoms with van der Waals surface area (Å²) in [5, 5.41) is 3.73. The van der Waals surface area contributed by atoms with E-state index in [0.717, 1.165) is 5.92 Å². The van der Waals surface area contributed by atoms with Crippen LogP contribution in [0.15, 0.2) is 24.3 Å². The van der Waals surface area contributed by atoms with Crippen molar-refractivity contribution in [3.05, 3.63) is 24.3 Å². The maximum atomic E-state index is 3.73. The Labute approximate surface area is 124 Å². The lowest BCUT2D eigenvalue weighted by Gasteiger charge is -2.35. The van der Waals surface area contributed by atoms with E-state index >= 15 is 0 Å². The summed E-state index contributed by atoms with van der Waals surface area (Å²) in [5.41, 5.74) is 2.52. The molecule has 0 radical (unpaired) electrons. The van der Waals surface area contributed by atoms with Gasteiger partial charge in [0.1, 0.15) is 0 Å². The van der Waals surface area contributed by atoms with Gasteiger partial charge in [-0.25, -0.2) is 0 Å². The van der Waals surface area contributed by atoms with Gasteiger partial charge in [0.2, 0.25) is 0 Å². The summed E-state index contributed by atoms with van der Waals surface area (Å²) in [6.07, 6.45) is 2.62. The highest BCUT2D eigenvalue weighted by atomic mass is 15.1. The number of piperidine rings is 1. The number of nitrogens with zero attached hydrogens (tertiary/aromatic N) is 2. The molecule has 0 aliphatic carbocycles. The summed E-state index contributed by atoms with van der Waals surface area (Å²) in [5.74, 6) is 0.785. The first-order valence-electron chi connectivity index (χ1n) is 7.87. The summed E-state index contributed by atoms with van der Waals surface area (Å²) in [6, 6.07) is 9.11. The van der Waals surface area contributed by atoms with Crippen LogP contribution in [0.1, 0.15) is 26.7 Å². The molecule has 3 nitrogen and oxygen atoms in total. The van der Waals surface area contributed by atoms with E-state index in [0.29, 0.717) is 6.04 Å². The molecule has 112 valence electrons. The molecule has 1 aliphatic heterocycles. The first kappa shape index (κ1) is 15.2. The van der Waals surface area contributed by atoms with Crippen molar-refractivity contribution >= 4 is 11.4 Å². The van der Waals surface area contributed by atoms with E-state index in [1.165, 1.54) is 43.9 Å². The van der Waals surface area contributed by atoms with Crippen LogP contribution in [0.3, 0.4) is 0 Å². The van der Waals surface area contributed by atoms with Gasteiger partial charge >= 0.3 is 0 Å². The molecular formula is C17H29N3. The summed E-state index contributed by atoms with van der Waals surface area (Å²) in [4.78, 5) is 4.73. The molecule has 0 saturated carbocycles. The fourth-order valence-corrected chi connectivity index (χ4v) is 3.12. The minimum Gasteiger partial charge on any atom is -0.381 e. The number of likely N-dealkylation sites (tertiary alicyclic amines) is 1. The summed E-state index contributed by atoms with van der Waals surface area (Å²) >= 11 is 0. The zero-order chi connectivity index (χ0) is 14.5. The van der Waals surface area contributed by atoms with E-state index in [4.69, 9.17) is 0 Å². The molecule has 0 aromatic heterocycles. The van der Waals surface area contributed by atoms with Gasteiger partial charge in [0, 0.05) is 20.1 Å². The first-order chi connectivity index (χ1) is 9.61. The van der Waals surface area contributed by atoms with Crippen molar-refractivity contribution in [1.82, 2.24) is 4.90 Å². The molecule has 2 rings (SSSR count). The number of benzene rings is 1. The second-order valence-electron chi connectivity index (χ2n) is 6.12. The SMILES string of the molecule is CCN1CCC(C(C)Nc2ccccc2N(C)C)CC1. The maximum absolute atomic E-state index is 3.73. The molecule has 1 N–H and O–H groups in total. The fraction of sp³-hybridized carbons (Fsp3) is 0.647. The summed E-state index contributed by atoms with van der Waals surface area (Å²) in [7, 11) is 4.20. The van der Waals surface area contributed by atoms with Crippen LogP contribution >= 0.6 is 0 Å². The predicted octanol–water partition coefficient (Wildman–Crippen LogP) is 3.28. The number of nitrogens with one attached hydrogen (secondary N) is 1. The first-order valence-corrected chi connectivity index (χ1v) is 7.87. The predicted molar refractivity (Wildman–Crippen MR) is 88.7 cm³/mol. The van der Waals surface area contributed by atoms with Crippen molar-refractivity contribution in [3.63, 3.8) is 0 Å². The van der Waals surface area contributed by atoms with Crippen molar-refractivity contribution in [1.29, 1.82) is 0 Å². The van der Waals surface area contributed by atoms with Crippen LogP contribution in [-0.2, 0) is 0 Å². The average Bonchev–Trinajstić information content (AvgIpc) is 2.47. The van der Waals surface area contributed by atoms with Gasteiger partial charge in [-0.1, -0.05) is 19.1 Å². The lowest BCUT2D eigenvalue weighted by molar-refractivity contribution is 0.183. The number of hydrogen-bond acceptors (Lipinski definition) is 3. The van der Waals surface area contributed by atoms with Crippen LogP contribution in [0.25, 0.3) is 0 Å². The van der Waals surface area contributed by atoms with Gasteiger partial charge in [0.15, 0.2) is 0 Å². The third-order valence-corrected chi connectivity index (χ3v) is 4.56. The molecule has 1 atom stereocenters. The van der Waals surface area contributed by atoms with Gasteiger partial charge < -0.3 is 15.1 Å². The van der Waals surface area contributed by atoms with E-state index in [1.807, 2.05) is 0 Å². The van der Waals surface area contributed by atoms with Crippen molar-refractivity contribution < 1.29 is 0 Å². The van der Waals surface area contributed by atoms with Gasteiger partial charge in [-0.05, 0) is 57.5 Å². The van der Waals surface area contributed by atoms with Crippen molar-refractivity contribution in [2.45, 2.75) is 32.7 Å². The quantitative estimate of drug-likeness (QED) is 0.889. The Kier molecular flexibility index (Phi) is 5.30. The van der Waals surface area contributed by atoms with E-state index in [1.54, 1.807) is 0 Å². The van der Waals surface area contributed by atoms with E-state index in [2.05, 4.69) is 67.3 Å². The van der Waals surface area contributed by atoms with Crippen LogP contribution in [0.5, 0.6) is 0 Å². The zero-order valence-electron chi connectivity index (χ0n) is 13.4. The molecular weight excluding hydrogens is 246 g/mol. The second-order valence-corrected chi connectivity index (χ2v) is 6.12. The molecule has 1 unspecified atom stereocenters. The Bertz CT molecular complexity index is 408.